The first-order valence-electron chi connectivity index (χ1n) is 8.63. The number of urea groups is 1. The summed E-state index contributed by atoms with van der Waals surface area (Å²) in [6.45, 7) is 2.32. The Morgan fingerprint density at radius 3 is 2.27 bits per heavy atom. The number of nitrogens with zero attached hydrogens (tertiary/aromatic N) is 3. The van der Waals surface area contributed by atoms with Crippen molar-refractivity contribution in [3.63, 3.8) is 0 Å². The number of anilines is 1. The summed E-state index contributed by atoms with van der Waals surface area (Å²) in [7, 11) is 0. The van der Waals surface area contributed by atoms with Gasteiger partial charge in [-0.2, -0.15) is 0 Å². The zero-order valence-corrected chi connectivity index (χ0v) is 13.9. The lowest BCUT2D eigenvalue weighted by molar-refractivity contribution is 0.151. The van der Waals surface area contributed by atoms with E-state index in [1.54, 1.807) is 11.3 Å². The summed E-state index contributed by atoms with van der Waals surface area (Å²) in [4.78, 5) is 14.8. The van der Waals surface area contributed by atoms with Crippen LogP contribution in [0.25, 0.3) is 0 Å². The zero-order chi connectivity index (χ0) is 15.1. The molecule has 0 spiro atoms. The number of carbonyl (C=O) groups is 1. The highest BCUT2D eigenvalue weighted by Crippen LogP contribution is 2.42. The summed E-state index contributed by atoms with van der Waals surface area (Å²) >= 11 is 1.55. The Labute approximate surface area is 135 Å². The maximum atomic E-state index is 12.7. The number of rotatable bonds is 4. The van der Waals surface area contributed by atoms with Gasteiger partial charge in [-0.3, -0.25) is 5.32 Å². The minimum Gasteiger partial charge on any atom is -0.319 e. The van der Waals surface area contributed by atoms with Crippen molar-refractivity contribution in [1.82, 2.24) is 15.1 Å². The summed E-state index contributed by atoms with van der Waals surface area (Å²) in [5, 5.41) is 13.1. The molecule has 2 amide bonds. The molecule has 5 nitrogen and oxygen atoms in total. The van der Waals surface area contributed by atoms with E-state index < -0.39 is 0 Å². The SMILES string of the molecule is CC1CCC(N(C(=O)Nc2nnc(C3CC3)s2)C2CC2)CC1. The first-order chi connectivity index (χ1) is 10.7. The van der Waals surface area contributed by atoms with Crippen LogP contribution in [0.2, 0.25) is 0 Å². The molecule has 6 heteroatoms. The summed E-state index contributed by atoms with van der Waals surface area (Å²) in [6, 6.07) is 0.911. The van der Waals surface area contributed by atoms with Crippen LogP contribution >= 0.6 is 11.3 Å². The molecule has 0 saturated heterocycles. The second-order valence-corrected chi connectivity index (χ2v) is 8.21. The molecule has 120 valence electrons. The molecule has 1 N–H and O–H groups in total. The number of hydrogen-bond donors (Lipinski definition) is 1. The van der Waals surface area contributed by atoms with Gasteiger partial charge in [-0.1, -0.05) is 18.3 Å². The van der Waals surface area contributed by atoms with Crippen LogP contribution in [-0.4, -0.2) is 33.2 Å². The van der Waals surface area contributed by atoms with Crippen LogP contribution in [0, 0.1) is 5.92 Å². The van der Waals surface area contributed by atoms with Crippen LogP contribution in [0.15, 0.2) is 0 Å². The van der Waals surface area contributed by atoms with Gasteiger partial charge < -0.3 is 4.90 Å². The van der Waals surface area contributed by atoms with Gasteiger partial charge in [0.2, 0.25) is 5.13 Å². The smallest absolute Gasteiger partial charge is 0.319 e. The molecule has 0 bridgehead atoms. The molecule has 0 atom stereocenters. The van der Waals surface area contributed by atoms with Gasteiger partial charge in [-0.25, -0.2) is 4.79 Å². The predicted molar refractivity (Wildman–Crippen MR) is 87.2 cm³/mol. The Balaban J connectivity index is 1.41. The van der Waals surface area contributed by atoms with Gasteiger partial charge in [0.05, 0.1) is 0 Å². The fraction of sp³-hybridized carbons (Fsp3) is 0.812. The molecule has 3 aliphatic carbocycles. The third kappa shape index (κ3) is 3.12. The first-order valence-corrected chi connectivity index (χ1v) is 9.45. The van der Waals surface area contributed by atoms with E-state index in [-0.39, 0.29) is 6.03 Å². The lowest BCUT2D eigenvalue weighted by Crippen LogP contribution is -2.45. The minimum absolute atomic E-state index is 0.0422. The number of carbonyl (C=O) groups excluding carboxylic acids is 1. The minimum atomic E-state index is 0.0422. The van der Waals surface area contributed by atoms with Crippen molar-refractivity contribution in [2.24, 2.45) is 5.92 Å². The van der Waals surface area contributed by atoms with Gasteiger partial charge in [0.1, 0.15) is 5.01 Å². The van der Waals surface area contributed by atoms with E-state index in [1.165, 1.54) is 25.7 Å². The van der Waals surface area contributed by atoms with Gasteiger partial charge >= 0.3 is 6.03 Å². The van der Waals surface area contributed by atoms with E-state index in [2.05, 4.69) is 27.3 Å². The number of hydrogen-bond acceptors (Lipinski definition) is 4. The maximum absolute atomic E-state index is 12.7. The Morgan fingerprint density at radius 2 is 1.68 bits per heavy atom. The van der Waals surface area contributed by atoms with Crippen LogP contribution in [0.4, 0.5) is 9.93 Å². The van der Waals surface area contributed by atoms with Crippen LogP contribution < -0.4 is 5.32 Å². The fourth-order valence-electron chi connectivity index (χ4n) is 3.44. The van der Waals surface area contributed by atoms with Gasteiger partial charge in [0, 0.05) is 18.0 Å². The highest BCUT2D eigenvalue weighted by molar-refractivity contribution is 7.15. The molecule has 1 aromatic heterocycles. The van der Waals surface area contributed by atoms with Crippen molar-refractivity contribution in [3.8, 4) is 0 Å². The highest BCUT2D eigenvalue weighted by Gasteiger charge is 2.39. The van der Waals surface area contributed by atoms with E-state index in [0.717, 1.165) is 36.6 Å². The van der Waals surface area contributed by atoms with Gasteiger partial charge in [0.15, 0.2) is 0 Å². The van der Waals surface area contributed by atoms with E-state index in [9.17, 15) is 4.79 Å². The van der Waals surface area contributed by atoms with Crippen LogP contribution in [0.1, 0.15) is 69.2 Å². The van der Waals surface area contributed by atoms with Gasteiger partial charge in [0.25, 0.3) is 0 Å². The quantitative estimate of drug-likeness (QED) is 0.912. The molecule has 3 saturated carbocycles. The molecular weight excluding hydrogens is 296 g/mol. The molecule has 3 fully saturated rings. The largest absolute Gasteiger partial charge is 0.324 e. The molecule has 3 aliphatic rings. The molecule has 1 aromatic rings. The van der Waals surface area contributed by atoms with Crippen molar-refractivity contribution in [1.29, 1.82) is 0 Å². The number of amides is 2. The highest BCUT2D eigenvalue weighted by atomic mass is 32.1. The second kappa shape index (κ2) is 5.80. The van der Waals surface area contributed by atoms with E-state index in [4.69, 9.17) is 0 Å². The zero-order valence-electron chi connectivity index (χ0n) is 13.1. The molecule has 22 heavy (non-hydrogen) atoms. The average molecular weight is 320 g/mol. The molecule has 0 radical (unpaired) electrons. The summed E-state index contributed by atoms with van der Waals surface area (Å²) in [5.41, 5.74) is 0. The molecule has 4 rings (SSSR count). The van der Waals surface area contributed by atoms with Crippen molar-refractivity contribution < 1.29 is 4.79 Å². The lowest BCUT2D eigenvalue weighted by Gasteiger charge is -2.36. The first kappa shape index (κ1) is 14.4. The summed E-state index contributed by atoms with van der Waals surface area (Å²) in [6.07, 6.45) is 9.53. The molecule has 0 aliphatic heterocycles. The van der Waals surface area contributed by atoms with Gasteiger partial charge in [-0.15, -0.1) is 10.2 Å². The predicted octanol–water partition coefficient (Wildman–Crippen LogP) is 3.99. The topological polar surface area (TPSA) is 58.1 Å². The van der Waals surface area contributed by atoms with E-state index in [0.29, 0.717) is 23.1 Å². The van der Waals surface area contributed by atoms with Crippen LogP contribution in [0.5, 0.6) is 0 Å². The number of nitrogens with one attached hydrogen (secondary N) is 1. The van der Waals surface area contributed by atoms with Crippen LogP contribution in [0.3, 0.4) is 0 Å². The Hall–Kier alpha value is -1.17. The number of aromatic nitrogens is 2. The Bertz CT molecular complexity index is 544. The lowest BCUT2D eigenvalue weighted by atomic mass is 9.86. The molecule has 0 unspecified atom stereocenters. The Morgan fingerprint density at radius 1 is 1.05 bits per heavy atom. The fourth-order valence-corrected chi connectivity index (χ4v) is 4.34. The van der Waals surface area contributed by atoms with Crippen LogP contribution in [-0.2, 0) is 0 Å². The molecule has 0 aromatic carbocycles. The Kier molecular flexibility index (Phi) is 3.80. The van der Waals surface area contributed by atoms with E-state index in [1.807, 2.05) is 0 Å². The molecular formula is C16H24N4OS. The standard InChI is InChI=1S/C16H24N4OS/c1-10-2-6-12(7-3-10)20(13-8-9-13)16(21)17-15-19-18-14(22-15)11-4-5-11/h10-13H,2-9H2,1H3,(H,17,19,21). The maximum Gasteiger partial charge on any atom is 0.324 e. The third-order valence-electron chi connectivity index (χ3n) is 5.13. The van der Waals surface area contributed by atoms with Crippen molar-refractivity contribution in [2.75, 3.05) is 5.32 Å². The molecule has 1 heterocycles. The summed E-state index contributed by atoms with van der Waals surface area (Å²) < 4.78 is 0. The monoisotopic (exact) mass is 320 g/mol. The second-order valence-electron chi connectivity index (χ2n) is 7.20. The normalized spacial score (nSPS) is 28.4. The average Bonchev–Trinajstić information content (AvgIpc) is 3.42. The third-order valence-corrected chi connectivity index (χ3v) is 6.14. The summed E-state index contributed by atoms with van der Waals surface area (Å²) in [5.74, 6) is 1.41. The van der Waals surface area contributed by atoms with Gasteiger partial charge in [-0.05, 0) is 57.3 Å². The van der Waals surface area contributed by atoms with Crippen molar-refractivity contribution >= 4 is 22.5 Å². The van der Waals surface area contributed by atoms with E-state index >= 15 is 0 Å². The van der Waals surface area contributed by atoms with Crippen molar-refractivity contribution in [3.05, 3.63) is 5.01 Å². The van der Waals surface area contributed by atoms with Crippen molar-refractivity contribution in [2.45, 2.75) is 76.3 Å².